The molecule has 0 amide bonds. The van der Waals surface area contributed by atoms with Crippen LogP contribution in [0.25, 0.3) is 0 Å². The molecule has 1 aromatic carbocycles. The van der Waals surface area contributed by atoms with Crippen LogP contribution in [0.1, 0.15) is 15.9 Å². The van der Waals surface area contributed by atoms with Crippen LogP contribution in [0, 0.1) is 11.3 Å². The summed E-state index contributed by atoms with van der Waals surface area (Å²) in [5.41, 5.74) is -0.308. The van der Waals surface area contributed by atoms with Crippen molar-refractivity contribution in [2.75, 3.05) is 0 Å². The molecular weight excluding hydrogens is 306 g/mol. The second-order valence-electron chi connectivity index (χ2n) is 2.54. The van der Waals surface area contributed by atoms with Crippen LogP contribution in [0.3, 0.4) is 0 Å². The predicted octanol–water partition coefficient (Wildman–Crippen LogP) is 2.06. The number of carbonyl (C=O) groups is 1. The molecule has 0 unspecified atom stereocenters. The van der Waals surface area contributed by atoms with Gasteiger partial charge in [0.2, 0.25) is 0 Å². The van der Waals surface area contributed by atoms with Gasteiger partial charge in [-0.05, 0) is 12.1 Å². The molecular formula is C8H3BrClNO3S. The van der Waals surface area contributed by atoms with E-state index in [2.05, 4.69) is 15.9 Å². The monoisotopic (exact) mass is 307 g/mol. The molecule has 0 atom stereocenters. The minimum absolute atomic E-state index is 0.143. The summed E-state index contributed by atoms with van der Waals surface area (Å²) < 4.78 is 22.7. The molecule has 0 aliphatic heterocycles. The van der Waals surface area contributed by atoms with Gasteiger partial charge in [0.15, 0.2) is 6.29 Å². The second kappa shape index (κ2) is 4.31. The second-order valence-corrected chi connectivity index (χ2v) is 5.96. The average Bonchev–Trinajstić information content (AvgIpc) is 2.14. The van der Waals surface area contributed by atoms with E-state index in [1.54, 1.807) is 6.07 Å². The van der Waals surface area contributed by atoms with Crippen LogP contribution >= 0.6 is 26.6 Å². The highest BCUT2D eigenvalue weighted by Crippen LogP contribution is 2.26. The topological polar surface area (TPSA) is 75.0 Å². The van der Waals surface area contributed by atoms with E-state index in [1.807, 2.05) is 0 Å². The van der Waals surface area contributed by atoms with Gasteiger partial charge in [0.05, 0.1) is 5.56 Å². The molecule has 1 aromatic rings. The van der Waals surface area contributed by atoms with Crippen LogP contribution in [0.5, 0.6) is 0 Å². The smallest absolute Gasteiger partial charge is 0.263 e. The highest BCUT2D eigenvalue weighted by atomic mass is 79.9. The molecule has 0 heterocycles. The molecule has 0 spiro atoms. The first kappa shape index (κ1) is 12.2. The first-order valence-electron chi connectivity index (χ1n) is 3.53. The Hall–Kier alpha value is -0.900. The Kier molecular flexibility index (Phi) is 3.50. The molecule has 15 heavy (non-hydrogen) atoms. The molecule has 1 rings (SSSR count). The number of hydrogen-bond donors (Lipinski definition) is 0. The quantitative estimate of drug-likeness (QED) is 0.619. The van der Waals surface area contributed by atoms with Crippen molar-refractivity contribution in [1.82, 2.24) is 0 Å². The van der Waals surface area contributed by atoms with Gasteiger partial charge in [-0.25, -0.2) is 8.42 Å². The van der Waals surface area contributed by atoms with Crippen LogP contribution in [-0.4, -0.2) is 14.7 Å². The van der Waals surface area contributed by atoms with Crippen molar-refractivity contribution < 1.29 is 13.2 Å². The number of rotatable bonds is 2. The number of nitrogens with zero attached hydrogens (tertiary/aromatic N) is 1. The fraction of sp³-hybridized carbons (Fsp3) is 0. The lowest BCUT2D eigenvalue weighted by atomic mass is 10.1. The zero-order chi connectivity index (χ0) is 11.6. The van der Waals surface area contributed by atoms with Gasteiger partial charge in [-0.2, -0.15) is 5.26 Å². The van der Waals surface area contributed by atoms with E-state index in [-0.39, 0.29) is 11.1 Å². The van der Waals surface area contributed by atoms with Crippen molar-refractivity contribution in [3.8, 4) is 6.07 Å². The van der Waals surface area contributed by atoms with Gasteiger partial charge < -0.3 is 0 Å². The molecule has 0 N–H and O–H groups in total. The number of hydrogen-bond acceptors (Lipinski definition) is 4. The Bertz CT molecular complexity index is 562. The number of nitriles is 1. The minimum Gasteiger partial charge on any atom is -0.298 e. The maximum absolute atomic E-state index is 11.1. The number of carbonyl (C=O) groups excluding carboxylic acids is 1. The van der Waals surface area contributed by atoms with Crippen LogP contribution in [0.4, 0.5) is 0 Å². The first-order valence-corrected chi connectivity index (χ1v) is 6.64. The standard InChI is InChI=1S/C8H3BrClNO3S/c9-7-1-5(3-11)8(15(10,13)14)6(2-7)4-12/h1-2,4H. The third-order valence-electron chi connectivity index (χ3n) is 1.57. The third kappa shape index (κ3) is 2.56. The van der Waals surface area contributed by atoms with Crippen LogP contribution < -0.4 is 0 Å². The summed E-state index contributed by atoms with van der Waals surface area (Å²) in [5.74, 6) is 0. The Balaban J connectivity index is 3.77. The summed E-state index contributed by atoms with van der Waals surface area (Å²) in [6.07, 6.45) is 0.334. The SMILES string of the molecule is N#Cc1cc(Br)cc(C=O)c1S(=O)(=O)Cl. The molecule has 0 aliphatic rings. The lowest BCUT2D eigenvalue weighted by Gasteiger charge is -2.03. The van der Waals surface area contributed by atoms with E-state index in [0.717, 1.165) is 0 Å². The molecule has 0 aromatic heterocycles. The molecule has 0 radical (unpaired) electrons. The lowest BCUT2D eigenvalue weighted by Crippen LogP contribution is -2.01. The van der Waals surface area contributed by atoms with E-state index in [4.69, 9.17) is 15.9 Å². The number of halogens is 2. The zero-order valence-corrected chi connectivity index (χ0v) is 10.2. The van der Waals surface area contributed by atoms with Crippen molar-refractivity contribution >= 4 is 41.9 Å². The normalized spacial score (nSPS) is 10.7. The number of benzene rings is 1. The maximum atomic E-state index is 11.1. The third-order valence-corrected chi connectivity index (χ3v) is 3.44. The molecule has 7 heteroatoms. The number of aldehydes is 1. The van der Waals surface area contributed by atoms with E-state index in [1.165, 1.54) is 12.1 Å². The Labute approximate surface area is 99.0 Å². The first-order chi connectivity index (χ1) is 6.90. The molecule has 0 aliphatic carbocycles. The predicted molar refractivity (Wildman–Crippen MR) is 57.3 cm³/mol. The summed E-state index contributed by atoms with van der Waals surface area (Å²) >= 11 is 3.05. The highest BCUT2D eigenvalue weighted by molar-refractivity contribution is 9.10. The van der Waals surface area contributed by atoms with Gasteiger partial charge in [-0.3, -0.25) is 4.79 Å². The summed E-state index contributed by atoms with van der Waals surface area (Å²) in [7, 11) is 1.02. The molecule has 0 saturated heterocycles. The average molecular weight is 309 g/mol. The Morgan fingerprint density at radius 3 is 2.47 bits per heavy atom. The van der Waals surface area contributed by atoms with Crippen molar-refractivity contribution in [3.63, 3.8) is 0 Å². The molecule has 0 bridgehead atoms. The van der Waals surface area contributed by atoms with E-state index in [9.17, 15) is 13.2 Å². The van der Waals surface area contributed by atoms with Gasteiger partial charge in [0.1, 0.15) is 11.0 Å². The van der Waals surface area contributed by atoms with Gasteiger partial charge in [0.25, 0.3) is 9.05 Å². The van der Waals surface area contributed by atoms with E-state index in [0.29, 0.717) is 10.8 Å². The zero-order valence-electron chi connectivity index (χ0n) is 7.07. The van der Waals surface area contributed by atoms with Crippen LogP contribution in [0.2, 0.25) is 0 Å². The van der Waals surface area contributed by atoms with Crippen molar-refractivity contribution in [2.45, 2.75) is 4.90 Å². The van der Waals surface area contributed by atoms with Crippen molar-refractivity contribution in [1.29, 1.82) is 5.26 Å². The van der Waals surface area contributed by atoms with Crippen LogP contribution in [-0.2, 0) is 9.05 Å². The molecule has 0 fully saturated rings. The molecule has 0 saturated carbocycles. The van der Waals surface area contributed by atoms with Crippen molar-refractivity contribution in [2.24, 2.45) is 0 Å². The lowest BCUT2D eigenvalue weighted by molar-refractivity contribution is 0.112. The van der Waals surface area contributed by atoms with Gasteiger partial charge in [0, 0.05) is 20.7 Å². The molecule has 4 nitrogen and oxygen atoms in total. The largest absolute Gasteiger partial charge is 0.298 e. The summed E-state index contributed by atoms with van der Waals surface area (Å²) in [6, 6.07) is 4.23. The van der Waals surface area contributed by atoms with Gasteiger partial charge in [-0.1, -0.05) is 15.9 Å². The maximum Gasteiger partial charge on any atom is 0.263 e. The minimum atomic E-state index is -4.11. The van der Waals surface area contributed by atoms with E-state index >= 15 is 0 Å². The fourth-order valence-electron chi connectivity index (χ4n) is 1.06. The Morgan fingerprint density at radius 2 is 2.07 bits per heavy atom. The summed E-state index contributed by atoms with van der Waals surface area (Å²) in [6.45, 7) is 0. The summed E-state index contributed by atoms with van der Waals surface area (Å²) in [5, 5.41) is 8.72. The van der Waals surface area contributed by atoms with Gasteiger partial charge in [-0.15, -0.1) is 0 Å². The highest BCUT2D eigenvalue weighted by Gasteiger charge is 2.21. The van der Waals surface area contributed by atoms with E-state index < -0.39 is 13.9 Å². The van der Waals surface area contributed by atoms with Crippen molar-refractivity contribution in [3.05, 3.63) is 27.7 Å². The fourth-order valence-corrected chi connectivity index (χ4v) is 2.81. The Morgan fingerprint density at radius 1 is 1.47 bits per heavy atom. The molecule has 78 valence electrons. The van der Waals surface area contributed by atoms with Crippen LogP contribution in [0.15, 0.2) is 21.5 Å². The van der Waals surface area contributed by atoms with Gasteiger partial charge >= 0.3 is 0 Å². The summed E-state index contributed by atoms with van der Waals surface area (Å²) in [4.78, 5) is 10.2.